The molecule has 0 saturated heterocycles. The summed E-state index contributed by atoms with van der Waals surface area (Å²) in [6.07, 6.45) is 5.60. The van der Waals surface area contributed by atoms with Gasteiger partial charge in [0.1, 0.15) is 0 Å². The average molecular weight is 305 g/mol. The highest BCUT2D eigenvalue weighted by Gasteiger charge is 2.20. The molecular weight excluding hydrogens is 282 g/mol. The van der Waals surface area contributed by atoms with Gasteiger partial charge in [-0.05, 0) is 50.2 Å². The van der Waals surface area contributed by atoms with Crippen molar-refractivity contribution in [3.8, 4) is 0 Å². The Balaban J connectivity index is 1.93. The minimum absolute atomic E-state index is 0.140. The van der Waals surface area contributed by atoms with E-state index in [9.17, 15) is 4.79 Å². The van der Waals surface area contributed by atoms with Crippen LogP contribution in [-0.4, -0.2) is 17.6 Å². The van der Waals surface area contributed by atoms with Crippen molar-refractivity contribution in [2.45, 2.75) is 39.0 Å². The van der Waals surface area contributed by atoms with Crippen LogP contribution in [0.3, 0.4) is 0 Å². The fourth-order valence-corrected chi connectivity index (χ4v) is 2.88. The minimum Gasteiger partial charge on any atom is -0.363 e. The molecule has 4 nitrogen and oxygen atoms in total. The van der Waals surface area contributed by atoms with Crippen molar-refractivity contribution in [2.24, 2.45) is 5.92 Å². The van der Waals surface area contributed by atoms with Gasteiger partial charge in [-0.15, -0.1) is 0 Å². The first kappa shape index (κ1) is 15.8. The molecule has 0 atom stereocenters. The Morgan fingerprint density at radius 3 is 2.52 bits per heavy atom. The molecule has 1 aromatic rings. The molecule has 0 aromatic heterocycles. The summed E-state index contributed by atoms with van der Waals surface area (Å²) >= 11 is 5.16. The molecule has 0 spiro atoms. The third-order valence-electron chi connectivity index (χ3n) is 3.70. The van der Waals surface area contributed by atoms with Crippen LogP contribution in [0.5, 0.6) is 0 Å². The lowest BCUT2D eigenvalue weighted by Gasteiger charge is -2.21. The Kier molecular flexibility index (Phi) is 5.99. The highest BCUT2D eigenvalue weighted by atomic mass is 32.1. The van der Waals surface area contributed by atoms with Crippen molar-refractivity contribution in [1.82, 2.24) is 5.32 Å². The number of benzene rings is 1. The van der Waals surface area contributed by atoms with Crippen molar-refractivity contribution < 1.29 is 4.79 Å². The van der Waals surface area contributed by atoms with Crippen molar-refractivity contribution in [3.05, 3.63) is 24.3 Å². The van der Waals surface area contributed by atoms with Crippen molar-refractivity contribution in [2.75, 3.05) is 17.2 Å². The number of carbonyl (C=O) groups excluding carboxylic acids is 1. The summed E-state index contributed by atoms with van der Waals surface area (Å²) < 4.78 is 0. The maximum atomic E-state index is 12.2. The van der Waals surface area contributed by atoms with Gasteiger partial charge in [0.15, 0.2) is 5.11 Å². The van der Waals surface area contributed by atoms with Crippen LogP contribution in [0.15, 0.2) is 24.3 Å². The number of thiocarbonyl (C=S) groups is 1. The van der Waals surface area contributed by atoms with E-state index in [1.54, 1.807) is 0 Å². The molecule has 2 rings (SSSR count). The maximum Gasteiger partial charge on any atom is 0.227 e. The van der Waals surface area contributed by atoms with E-state index in [1.807, 2.05) is 31.2 Å². The Morgan fingerprint density at radius 2 is 1.86 bits per heavy atom. The summed E-state index contributed by atoms with van der Waals surface area (Å²) in [6, 6.07) is 7.65. The fourth-order valence-electron chi connectivity index (χ4n) is 2.62. The number of hydrogen-bond donors (Lipinski definition) is 3. The highest BCUT2D eigenvalue weighted by Crippen LogP contribution is 2.25. The molecule has 0 radical (unpaired) electrons. The normalized spacial score (nSPS) is 15.3. The molecule has 21 heavy (non-hydrogen) atoms. The molecule has 0 unspecified atom stereocenters. The standard InChI is InChI=1S/C16H23N3OS/c1-2-17-16(21)19-14-10-6-9-13(11-14)18-15(20)12-7-4-3-5-8-12/h6,9-12H,2-5,7-8H2,1H3,(H,18,20)(H2,17,19,21). The van der Waals surface area contributed by atoms with Gasteiger partial charge in [-0.3, -0.25) is 4.79 Å². The van der Waals surface area contributed by atoms with Crippen LogP contribution in [0.1, 0.15) is 39.0 Å². The molecule has 1 fully saturated rings. The predicted molar refractivity (Wildman–Crippen MR) is 91.5 cm³/mol. The number of anilines is 2. The number of nitrogens with one attached hydrogen (secondary N) is 3. The summed E-state index contributed by atoms with van der Waals surface area (Å²) in [5.41, 5.74) is 1.69. The first-order chi connectivity index (χ1) is 10.2. The zero-order chi connectivity index (χ0) is 15.1. The van der Waals surface area contributed by atoms with Gasteiger partial charge >= 0.3 is 0 Å². The Labute approximate surface area is 131 Å². The van der Waals surface area contributed by atoms with Gasteiger partial charge in [-0.25, -0.2) is 0 Å². The summed E-state index contributed by atoms with van der Waals surface area (Å²) in [5.74, 6) is 0.305. The van der Waals surface area contributed by atoms with E-state index in [2.05, 4.69) is 16.0 Å². The second-order valence-corrected chi connectivity index (χ2v) is 5.80. The molecule has 0 bridgehead atoms. The second-order valence-electron chi connectivity index (χ2n) is 5.39. The zero-order valence-corrected chi connectivity index (χ0v) is 13.3. The van der Waals surface area contributed by atoms with Crippen LogP contribution in [-0.2, 0) is 4.79 Å². The van der Waals surface area contributed by atoms with Gasteiger partial charge in [-0.2, -0.15) is 0 Å². The van der Waals surface area contributed by atoms with Crippen molar-refractivity contribution in [1.29, 1.82) is 0 Å². The van der Waals surface area contributed by atoms with Crippen LogP contribution in [0.25, 0.3) is 0 Å². The monoisotopic (exact) mass is 305 g/mol. The van der Waals surface area contributed by atoms with Gasteiger partial charge < -0.3 is 16.0 Å². The van der Waals surface area contributed by atoms with Crippen LogP contribution in [0.4, 0.5) is 11.4 Å². The van der Waals surface area contributed by atoms with Crippen LogP contribution in [0, 0.1) is 5.92 Å². The minimum atomic E-state index is 0.140. The third-order valence-corrected chi connectivity index (χ3v) is 3.95. The van der Waals surface area contributed by atoms with Gasteiger partial charge in [0.2, 0.25) is 5.91 Å². The summed E-state index contributed by atoms with van der Waals surface area (Å²) in [4.78, 5) is 12.2. The smallest absolute Gasteiger partial charge is 0.227 e. The number of carbonyl (C=O) groups is 1. The quantitative estimate of drug-likeness (QED) is 0.745. The van der Waals surface area contributed by atoms with Crippen LogP contribution < -0.4 is 16.0 Å². The summed E-state index contributed by atoms with van der Waals surface area (Å²) in [5, 5.41) is 9.75. The van der Waals surface area contributed by atoms with Gasteiger partial charge in [0.05, 0.1) is 0 Å². The van der Waals surface area contributed by atoms with E-state index in [4.69, 9.17) is 12.2 Å². The highest BCUT2D eigenvalue weighted by molar-refractivity contribution is 7.80. The molecular formula is C16H23N3OS. The van der Waals surface area contributed by atoms with Crippen LogP contribution in [0.2, 0.25) is 0 Å². The summed E-state index contributed by atoms with van der Waals surface area (Å²) in [7, 11) is 0. The molecule has 0 heterocycles. The van der Waals surface area contributed by atoms with Crippen LogP contribution >= 0.6 is 12.2 Å². The van der Waals surface area contributed by atoms with E-state index in [0.717, 1.165) is 43.6 Å². The molecule has 1 saturated carbocycles. The Bertz CT molecular complexity index is 498. The summed E-state index contributed by atoms with van der Waals surface area (Å²) in [6.45, 7) is 2.78. The lowest BCUT2D eigenvalue weighted by Crippen LogP contribution is -2.28. The zero-order valence-electron chi connectivity index (χ0n) is 12.4. The topological polar surface area (TPSA) is 53.2 Å². The van der Waals surface area contributed by atoms with Gasteiger partial charge in [-0.1, -0.05) is 25.3 Å². The molecule has 5 heteroatoms. The molecule has 0 aliphatic heterocycles. The molecule has 1 aromatic carbocycles. The van der Waals surface area contributed by atoms with E-state index in [0.29, 0.717) is 5.11 Å². The molecule has 1 aliphatic carbocycles. The molecule has 1 amide bonds. The van der Waals surface area contributed by atoms with Crippen molar-refractivity contribution in [3.63, 3.8) is 0 Å². The lowest BCUT2D eigenvalue weighted by atomic mass is 9.88. The maximum absolute atomic E-state index is 12.2. The first-order valence-corrected chi connectivity index (χ1v) is 8.05. The van der Waals surface area contributed by atoms with Crippen molar-refractivity contribution >= 4 is 34.6 Å². The molecule has 114 valence electrons. The number of rotatable bonds is 4. The van der Waals surface area contributed by atoms with E-state index in [1.165, 1.54) is 6.42 Å². The molecule has 3 N–H and O–H groups in total. The fraction of sp³-hybridized carbons (Fsp3) is 0.500. The van der Waals surface area contributed by atoms with E-state index < -0.39 is 0 Å². The van der Waals surface area contributed by atoms with Gasteiger partial charge in [0.25, 0.3) is 0 Å². The second kappa shape index (κ2) is 7.98. The van der Waals surface area contributed by atoms with E-state index in [-0.39, 0.29) is 11.8 Å². The Hall–Kier alpha value is -1.62. The largest absolute Gasteiger partial charge is 0.363 e. The average Bonchev–Trinajstić information content (AvgIpc) is 2.48. The predicted octanol–water partition coefficient (Wildman–Crippen LogP) is 3.51. The molecule has 1 aliphatic rings. The van der Waals surface area contributed by atoms with Gasteiger partial charge in [0, 0.05) is 23.8 Å². The first-order valence-electron chi connectivity index (χ1n) is 7.65. The SMILES string of the molecule is CCNC(=S)Nc1cccc(NC(=O)C2CCCCC2)c1. The number of hydrogen-bond acceptors (Lipinski definition) is 2. The van der Waals surface area contributed by atoms with E-state index >= 15 is 0 Å². The lowest BCUT2D eigenvalue weighted by molar-refractivity contribution is -0.120. The third kappa shape index (κ3) is 5.01. The number of amides is 1. The Morgan fingerprint density at radius 1 is 1.19 bits per heavy atom.